The summed E-state index contributed by atoms with van der Waals surface area (Å²) < 4.78 is 0. The molecule has 0 saturated carbocycles. The summed E-state index contributed by atoms with van der Waals surface area (Å²) >= 11 is 0. The third kappa shape index (κ3) is 5.35. The molecular weight excluding hydrogens is 268 g/mol. The van der Waals surface area contributed by atoms with Crippen LogP contribution < -0.4 is 5.90 Å². The Balaban J connectivity index is 2.07. The molecule has 2 amide bonds. The van der Waals surface area contributed by atoms with Crippen molar-refractivity contribution in [3.8, 4) is 0 Å². The summed E-state index contributed by atoms with van der Waals surface area (Å²) in [6, 6.07) is 0. The zero-order chi connectivity index (χ0) is 15.0. The van der Waals surface area contributed by atoms with Crippen LogP contribution in [0.5, 0.6) is 0 Å². The van der Waals surface area contributed by atoms with E-state index in [2.05, 4.69) is 10.7 Å². The number of nitrogens with two attached hydrogens (primary N) is 1. The number of unbranched alkanes of at least 4 members (excludes halogenated alkanes) is 3. The van der Waals surface area contributed by atoms with Crippen molar-refractivity contribution in [2.75, 3.05) is 0 Å². The van der Waals surface area contributed by atoms with Crippen molar-refractivity contribution in [1.82, 2.24) is 5.06 Å². The Morgan fingerprint density at radius 1 is 0.950 bits per heavy atom. The minimum absolute atomic E-state index is 0.0867. The second-order valence-corrected chi connectivity index (χ2v) is 4.45. The molecule has 0 aliphatic carbocycles. The number of amides is 2. The Morgan fingerprint density at radius 3 is 1.95 bits per heavy atom. The Labute approximate surface area is 116 Å². The van der Waals surface area contributed by atoms with Gasteiger partial charge in [0.2, 0.25) is 0 Å². The first-order valence-electron chi connectivity index (χ1n) is 6.50. The van der Waals surface area contributed by atoms with E-state index < -0.39 is 23.8 Å². The molecule has 1 fully saturated rings. The highest BCUT2D eigenvalue weighted by Gasteiger charge is 2.32. The Morgan fingerprint density at radius 2 is 1.45 bits per heavy atom. The molecule has 0 atom stereocenters. The standard InChI is InChI=1S/C12H18N2O6/c13-19-11(17)5-3-1-2-4-6-12(18)20-14-9(15)7-8-10(14)16/h1-8,13H2. The normalized spacial score (nSPS) is 14.6. The van der Waals surface area contributed by atoms with E-state index in [-0.39, 0.29) is 25.7 Å². The summed E-state index contributed by atoms with van der Waals surface area (Å²) in [5.74, 6) is 2.65. The first kappa shape index (κ1) is 16.1. The first-order valence-corrected chi connectivity index (χ1v) is 6.50. The average Bonchev–Trinajstić information content (AvgIpc) is 2.74. The number of nitrogens with zero attached hydrogens (tertiary/aromatic N) is 1. The fraction of sp³-hybridized carbons (Fsp3) is 0.667. The number of rotatable bonds is 8. The molecule has 1 heterocycles. The minimum atomic E-state index is -0.602. The molecule has 0 radical (unpaired) electrons. The second kappa shape index (κ2) is 8.26. The highest BCUT2D eigenvalue weighted by Crippen LogP contribution is 2.13. The largest absolute Gasteiger partial charge is 0.373 e. The van der Waals surface area contributed by atoms with E-state index in [0.717, 1.165) is 12.8 Å². The smallest absolute Gasteiger partial charge is 0.333 e. The third-order valence-electron chi connectivity index (χ3n) is 2.84. The van der Waals surface area contributed by atoms with Crippen LogP contribution in [0.4, 0.5) is 0 Å². The molecule has 0 bridgehead atoms. The monoisotopic (exact) mass is 286 g/mol. The molecule has 0 aromatic carbocycles. The zero-order valence-corrected chi connectivity index (χ0v) is 11.1. The molecule has 0 spiro atoms. The number of hydroxylamine groups is 2. The van der Waals surface area contributed by atoms with Crippen LogP contribution >= 0.6 is 0 Å². The topological polar surface area (TPSA) is 116 Å². The van der Waals surface area contributed by atoms with E-state index in [1.807, 2.05) is 0 Å². The number of carbonyl (C=O) groups excluding carboxylic acids is 4. The molecule has 8 nitrogen and oxygen atoms in total. The Hall–Kier alpha value is -1.96. The van der Waals surface area contributed by atoms with Crippen LogP contribution in [0.1, 0.15) is 51.4 Å². The minimum Gasteiger partial charge on any atom is -0.373 e. The van der Waals surface area contributed by atoms with Gasteiger partial charge in [0.15, 0.2) is 0 Å². The summed E-state index contributed by atoms with van der Waals surface area (Å²) in [7, 11) is 0. The van der Waals surface area contributed by atoms with Crippen LogP contribution in [0.25, 0.3) is 0 Å². The molecule has 0 aromatic heterocycles. The zero-order valence-electron chi connectivity index (χ0n) is 11.1. The van der Waals surface area contributed by atoms with Crippen LogP contribution in [0.15, 0.2) is 0 Å². The van der Waals surface area contributed by atoms with Gasteiger partial charge in [-0.25, -0.2) is 4.79 Å². The number of imide groups is 1. The van der Waals surface area contributed by atoms with Crippen LogP contribution in [0.3, 0.4) is 0 Å². The van der Waals surface area contributed by atoms with Crippen molar-refractivity contribution in [2.45, 2.75) is 51.4 Å². The maximum absolute atomic E-state index is 11.4. The predicted molar refractivity (Wildman–Crippen MR) is 65.2 cm³/mol. The predicted octanol–water partition coefficient (Wildman–Crippen LogP) is 0.351. The van der Waals surface area contributed by atoms with Gasteiger partial charge >= 0.3 is 11.9 Å². The lowest BCUT2D eigenvalue weighted by Gasteiger charge is -2.12. The molecule has 1 aliphatic heterocycles. The summed E-state index contributed by atoms with van der Waals surface area (Å²) in [6.45, 7) is 0. The lowest BCUT2D eigenvalue weighted by atomic mass is 10.1. The highest BCUT2D eigenvalue weighted by atomic mass is 16.7. The average molecular weight is 286 g/mol. The molecule has 1 rings (SSSR count). The summed E-state index contributed by atoms with van der Waals surface area (Å²) in [5, 5.41) is 0.541. The van der Waals surface area contributed by atoms with Crippen molar-refractivity contribution < 1.29 is 28.9 Å². The van der Waals surface area contributed by atoms with Gasteiger partial charge in [-0.15, -0.1) is 5.06 Å². The maximum atomic E-state index is 11.4. The van der Waals surface area contributed by atoms with Gasteiger partial charge in [0, 0.05) is 25.7 Å². The van der Waals surface area contributed by atoms with Gasteiger partial charge in [-0.3, -0.25) is 14.4 Å². The Bertz CT molecular complexity index is 379. The number of hydrogen-bond acceptors (Lipinski definition) is 7. The van der Waals surface area contributed by atoms with Gasteiger partial charge in [-0.05, 0) is 12.8 Å². The van der Waals surface area contributed by atoms with Gasteiger partial charge in [-0.2, -0.15) is 5.90 Å². The molecule has 1 saturated heterocycles. The van der Waals surface area contributed by atoms with E-state index in [1.54, 1.807) is 0 Å². The van der Waals surface area contributed by atoms with Crippen molar-refractivity contribution in [3.63, 3.8) is 0 Å². The van der Waals surface area contributed by atoms with Crippen LogP contribution in [-0.4, -0.2) is 28.8 Å². The molecule has 0 aromatic rings. The first-order chi connectivity index (χ1) is 9.54. The molecule has 1 aliphatic rings. The fourth-order valence-electron chi connectivity index (χ4n) is 1.76. The van der Waals surface area contributed by atoms with E-state index in [4.69, 9.17) is 4.84 Å². The van der Waals surface area contributed by atoms with Crippen LogP contribution in [-0.2, 0) is 28.9 Å². The van der Waals surface area contributed by atoms with E-state index in [1.165, 1.54) is 0 Å². The second-order valence-electron chi connectivity index (χ2n) is 4.45. The van der Waals surface area contributed by atoms with Crippen LogP contribution in [0, 0.1) is 0 Å². The van der Waals surface area contributed by atoms with Gasteiger partial charge in [-0.1, -0.05) is 12.8 Å². The lowest BCUT2D eigenvalue weighted by Crippen LogP contribution is -2.31. The highest BCUT2D eigenvalue weighted by molar-refractivity contribution is 6.01. The molecule has 112 valence electrons. The molecule has 0 unspecified atom stereocenters. The fourth-order valence-corrected chi connectivity index (χ4v) is 1.76. The van der Waals surface area contributed by atoms with E-state index in [9.17, 15) is 19.2 Å². The van der Waals surface area contributed by atoms with E-state index in [0.29, 0.717) is 17.9 Å². The van der Waals surface area contributed by atoms with Gasteiger partial charge in [0.05, 0.1) is 0 Å². The molecule has 2 N–H and O–H groups in total. The SMILES string of the molecule is NOC(=O)CCCCCCC(=O)ON1C(=O)CCC1=O. The number of carbonyl (C=O) groups is 4. The Kier molecular flexibility index (Phi) is 6.65. The number of hydrogen-bond donors (Lipinski definition) is 1. The van der Waals surface area contributed by atoms with Crippen molar-refractivity contribution in [1.29, 1.82) is 0 Å². The summed E-state index contributed by atoms with van der Waals surface area (Å²) in [5.41, 5.74) is 0. The summed E-state index contributed by atoms with van der Waals surface area (Å²) in [4.78, 5) is 53.2. The lowest BCUT2D eigenvalue weighted by molar-refractivity contribution is -0.197. The third-order valence-corrected chi connectivity index (χ3v) is 2.84. The van der Waals surface area contributed by atoms with Crippen LogP contribution in [0.2, 0.25) is 0 Å². The maximum Gasteiger partial charge on any atom is 0.333 e. The molecule has 8 heteroatoms. The van der Waals surface area contributed by atoms with Gasteiger partial charge < -0.3 is 9.68 Å². The van der Waals surface area contributed by atoms with Gasteiger partial charge in [0.1, 0.15) is 0 Å². The van der Waals surface area contributed by atoms with Crippen molar-refractivity contribution in [2.24, 2.45) is 5.90 Å². The quantitative estimate of drug-likeness (QED) is 0.389. The van der Waals surface area contributed by atoms with E-state index >= 15 is 0 Å². The molecule has 20 heavy (non-hydrogen) atoms. The molecular formula is C12H18N2O6. The summed E-state index contributed by atoms with van der Waals surface area (Å²) in [6.07, 6.45) is 3.22. The van der Waals surface area contributed by atoms with Crippen molar-refractivity contribution >= 4 is 23.8 Å². The van der Waals surface area contributed by atoms with Crippen molar-refractivity contribution in [3.05, 3.63) is 0 Å². The van der Waals surface area contributed by atoms with Gasteiger partial charge in [0.25, 0.3) is 11.8 Å².